The van der Waals surface area contributed by atoms with Gasteiger partial charge in [-0.1, -0.05) is 39.8 Å². The number of carbonyl (C=O) groups excluding carboxylic acids is 2. The molecule has 0 aliphatic rings. The van der Waals surface area contributed by atoms with Crippen molar-refractivity contribution >= 4 is 33.2 Å². The molecule has 0 radical (unpaired) electrons. The highest BCUT2D eigenvalue weighted by Gasteiger charge is 2.29. The van der Waals surface area contributed by atoms with Crippen molar-refractivity contribution in [2.75, 3.05) is 19.6 Å². The van der Waals surface area contributed by atoms with Crippen molar-refractivity contribution in [2.24, 2.45) is 5.92 Å². The number of sulfonamides is 1. The highest BCUT2D eigenvalue weighted by molar-refractivity contribution is 7.89. The first kappa shape index (κ1) is 26.0. The van der Waals surface area contributed by atoms with E-state index in [1.54, 1.807) is 42.2 Å². The van der Waals surface area contributed by atoms with Crippen LogP contribution >= 0.6 is 11.3 Å². The molecule has 2 rings (SSSR count). The van der Waals surface area contributed by atoms with E-state index in [-0.39, 0.29) is 22.3 Å². The van der Waals surface area contributed by atoms with Gasteiger partial charge in [-0.3, -0.25) is 9.59 Å². The zero-order valence-electron chi connectivity index (χ0n) is 19.4. The normalized spacial score (nSPS) is 12.7. The van der Waals surface area contributed by atoms with Crippen LogP contribution in [-0.2, 0) is 21.4 Å². The summed E-state index contributed by atoms with van der Waals surface area (Å²) in [5, 5.41) is 4.79. The van der Waals surface area contributed by atoms with Gasteiger partial charge >= 0.3 is 0 Å². The van der Waals surface area contributed by atoms with Crippen LogP contribution in [0.2, 0.25) is 0 Å². The maximum atomic E-state index is 13.2. The van der Waals surface area contributed by atoms with E-state index in [0.717, 1.165) is 4.88 Å². The number of hydrogen-bond acceptors (Lipinski definition) is 5. The van der Waals surface area contributed by atoms with E-state index in [1.807, 2.05) is 38.3 Å². The molecule has 1 aromatic carbocycles. The largest absolute Gasteiger partial charge is 0.340 e. The predicted molar refractivity (Wildman–Crippen MR) is 128 cm³/mol. The topological polar surface area (TPSA) is 86.8 Å². The van der Waals surface area contributed by atoms with E-state index in [9.17, 15) is 18.0 Å². The fraction of sp³-hybridized carbons (Fsp3) is 0.478. The van der Waals surface area contributed by atoms with E-state index < -0.39 is 22.0 Å². The molecule has 0 fully saturated rings. The van der Waals surface area contributed by atoms with Gasteiger partial charge in [0.1, 0.15) is 6.04 Å². The first-order valence-electron chi connectivity index (χ1n) is 10.9. The van der Waals surface area contributed by atoms with E-state index in [2.05, 4.69) is 5.32 Å². The van der Waals surface area contributed by atoms with Gasteiger partial charge in [0.15, 0.2) is 0 Å². The summed E-state index contributed by atoms with van der Waals surface area (Å²) in [6.07, 6.45) is 0. The standard InChI is InChI=1S/C23H33N3O4S2/c1-6-25(16-19-12-10-14-31-19)23(28)21(17(4)5)24-22(27)18-11-9-13-20(15-18)32(29,30)26(7-2)8-3/h9-15,17,21H,6-8,16H2,1-5H3,(H,24,27). The third kappa shape index (κ3) is 6.17. The molecule has 1 unspecified atom stereocenters. The smallest absolute Gasteiger partial charge is 0.251 e. The molecule has 9 heteroatoms. The van der Waals surface area contributed by atoms with Crippen LogP contribution in [0, 0.1) is 5.92 Å². The monoisotopic (exact) mass is 479 g/mol. The lowest BCUT2D eigenvalue weighted by molar-refractivity contribution is -0.134. The minimum atomic E-state index is -3.69. The Bertz CT molecular complexity index is 1000. The van der Waals surface area contributed by atoms with Crippen LogP contribution in [0.4, 0.5) is 0 Å². The molecule has 0 bridgehead atoms. The summed E-state index contributed by atoms with van der Waals surface area (Å²) in [7, 11) is -3.69. The number of benzene rings is 1. The fourth-order valence-corrected chi connectivity index (χ4v) is 5.61. The summed E-state index contributed by atoms with van der Waals surface area (Å²) in [5.74, 6) is -0.761. The van der Waals surface area contributed by atoms with Gasteiger partial charge in [-0.15, -0.1) is 11.3 Å². The van der Waals surface area contributed by atoms with E-state index >= 15 is 0 Å². The Balaban J connectivity index is 2.23. The van der Waals surface area contributed by atoms with Crippen LogP contribution in [-0.4, -0.2) is 55.1 Å². The molecule has 7 nitrogen and oxygen atoms in total. The Morgan fingerprint density at radius 3 is 2.25 bits per heavy atom. The lowest BCUT2D eigenvalue weighted by atomic mass is 10.0. The third-order valence-corrected chi connectivity index (χ3v) is 8.19. The molecule has 0 aliphatic carbocycles. The zero-order valence-corrected chi connectivity index (χ0v) is 21.0. The second-order valence-corrected chi connectivity index (χ2v) is 10.7. The third-order valence-electron chi connectivity index (χ3n) is 5.28. The fourth-order valence-electron chi connectivity index (χ4n) is 3.38. The Labute approximate surface area is 195 Å². The number of hydrogen-bond donors (Lipinski definition) is 1. The van der Waals surface area contributed by atoms with Crippen LogP contribution in [0.25, 0.3) is 0 Å². The highest BCUT2D eigenvalue weighted by Crippen LogP contribution is 2.18. The Kier molecular flexibility index (Phi) is 9.42. The molecule has 0 saturated heterocycles. The van der Waals surface area contributed by atoms with Gasteiger partial charge in [0.25, 0.3) is 5.91 Å². The van der Waals surface area contributed by atoms with E-state index in [4.69, 9.17) is 0 Å². The molecule has 2 amide bonds. The minimum absolute atomic E-state index is 0.0640. The second kappa shape index (κ2) is 11.6. The Morgan fingerprint density at radius 2 is 1.72 bits per heavy atom. The average Bonchev–Trinajstić information content (AvgIpc) is 3.29. The summed E-state index contributed by atoms with van der Waals surface area (Å²) in [6.45, 7) is 10.9. The maximum Gasteiger partial charge on any atom is 0.251 e. The predicted octanol–water partition coefficient (Wildman–Crippen LogP) is 3.58. The Hall–Kier alpha value is -2.23. The van der Waals surface area contributed by atoms with Crippen molar-refractivity contribution in [2.45, 2.75) is 52.1 Å². The molecule has 0 saturated carbocycles. The lowest BCUT2D eigenvalue weighted by Gasteiger charge is -2.29. The number of likely N-dealkylation sites (N-methyl/N-ethyl adjacent to an activating group) is 1. The molecular weight excluding hydrogens is 446 g/mol. The molecule has 32 heavy (non-hydrogen) atoms. The van der Waals surface area contributed by atoms with Crippen molar-refractivity contribution in [3.63, 3.8) is 0 Å². The quantitative estimate of drug-likeness (QED) is 0.534. The van der Waals surface area contributed by atoms with Crippen molar-refractivity contribution in [3.8, 4) is 0 Å². The average molecular weight is 480 g/mol. The van der Waals surface area contributed by atoms with Crippen LogP contribution < -0.4 is 5.32 Å². The van der Waals surface area contributed by atoms with Crippen molar-refractivity contribution in [1.29, 1.82) is 0 Å². The number of amides is 2. The molecule has 0 aliphatic heterocycles. The van der Waals surface area contributed by atoms with Crippen molar-refractivity contribution in [1.82, 2.24) is 14.5 Å². The Morgan fingerprint density at radius 1 is 1.03 bits per heavy atom. The number of nitrogens with one attached hydrogen (secondary N) is 1. The minimum Gasteiger partial charge on any atom is -0.340 e. The first-order valence-corrected chi connectivity index (χ1v) is 13.2. The van der Waals surface area contributed by atoms with Gasteiger partial charge in [-0.05, 0) is 42.5 Å². The number of thiophene rings is 1. The second-order valence-electron chi connectivity index (χ2n) is 7.74. The number of nitrogens with zero attached hydrogens (tertiary/aromatic N) is 2. The van der Waals surface area contributed by atoms with E-state index in [1.165, 1.54) is 16.4 Å². The van der Waals surface area contributed by atoms with Gasteiger partial charge in [0.05, 0.1) is 11.4 Å². The molecule has 1 heterocycles. The molecule has 1 aromatic heterocycles. The molecule has 2 aromatic rings. The van der Waals surface area contributed by atoms with Crippen LogP contribution in [0.5, 0.6) is 0 Å². The molecule has 176 valence electrons. The maximum absolute atomic E-state index is 13.2. The molecule has 1 atom stereocenters. The SMILES string of the molecule is CCN(Cc1cccs1)C(=O)C(NC(=O)c1cccc(S(=O)(=O)N(CC)CC)c1)C(C)C. The molecular formula is C23H33N3O4S2. The van der Waals surface area contributed by atoms with Crippen LogP contribution in [0.15, 0.2) is 46.7 Å². The zero-order chi connectivity index (χ0) is 23.9. The molecule has 1 N–H and O–H groups in total. The van der Waals surface area contributed by atoms with E-state index in [0.29, 0.717) is 26.2 Å². The van der Waals surface area contributed by atoms with Gasteiger partial charge < -0.3 is 10.2 Å². The highest BCUT2D eigenvalue weighted by atomic mass is 32.2. The van der Waals surface area contributed by atoms with Gasteiger partial charge in [0, 0.05) is 30.1 Å². The van der Waals surface area contributed by atoms with Crippen molar-refractivity contribution in [3.05, 3.63) is 52.2 Å². The van der Waals surface area contributed by atoms with Crippen LogP contribution in [0.1, 0.15) is 49.9 Å². The summed E-state index contributed by atoms with van der Waals surface area (Å²) >= 11 is 1.58. The lowest BCUT2D eigenvalue weighted by Crippen LogP contribution is -2.51. The van der Waals surface area contributed by atoms with Crippen molar-refractivity contribution < 1.29 is 18.0 Å². The number of rotatable bonds is 11. The number of carbonyl (C=O) groups is 2. The first-order chi connectivity index (χ1) is 15.1. The summed E-state index contributed by atoms with van der Waals surface area (Å²) in [4.78, 5) is 29.1. The summed E-state index contributed by atoms with van der Waals surface area (Å²) in [6, 6.07) is 9.16. The van der Waals surface area contributed by atoms with Gasteiger partial charge in [-0.2, -0.15) is 4.31 Å². The summed E-state index contributed by atoms with van der Waals surface area (Å²) < 4.78 is 27.0. The van der Waals surface area contributed by atoms with Gasteiger partial charge in [-0.25, -0.2) is 8.42 Å². The summed E-state index contributed by atoms with van der Waals surface area (Å²) in [5.41, 5.74) is 0.206. The van der Waals surface area contributed by atoms with Crippen LogP contribution in [0.3, 0.4) is 0 Å². The molecule has 0 spiro atoms. The van der Waals surface area contributed by atoms with Gasteiger partial charge in [0.2, 0.25) is 15.9 Å².